The normalized spacial score (nSPS) is 10.5. The first-order valence-corrected chi connectivity index (χ1v) is 8.10. The van der Waals surface area contributed by atoms with E-state index >= 15 is 0 Å². The monoisotopic (exact) mass is 369 g/mol. The van der Waals surface area contributed by atoms with Crippen LogP contribution in [0.2, 0.25) is 0 Å². The number of nitrogens with two attached hydrogens (primary N) is 3. The average molecular weight is 369 g/mol. The zero-order valence-corrected chi connectivity index (χ0v) is 14.7. The number of hydrogen-bond donors (Lipinski definition) is 4. The average Bonchev–Trinajstić information content (AvgIpc) is 2.68. The fraction of sp³-hybridized carbons (Fsp3) is 0.105. The molecule has 1 heterocycles. The molecule has 7 nitrogen and oxygen atoms in total. The molecule has 0 saturated carbocycles. The summed E-state index contributed by atoms with van der Waals surface area (Å²) < 4.78 is 24.9. The van der Waals surface area contributed by atoms with Gasteiger partial charge in [-0.3, -0.25) is 0 Å². The molecule has 0 aliphatic heterocycles. The minimum Gasteiger partial charge on any atom is -0.493 e. The van der Waals surface area contributed by atoms with E-state index in [9.17, 15) is 4.39 Å². The topological polar surface area (TPSA) is 121 Å². The number of rotatable bonds is 6. The van der Waals surface area contributed by atoms with Crippen LogP contribution in [0.5, 0.6) is 11.5 Å². The van der Waals surface area contributed by atoms with Crippen LogP contribution in [0.3, 0.4) is 0 Å². The van der Waals surface area contributed by atoms with Gasteiger partial charge in [0.05, 0.1) is 7.11 Å². The highest BCUT2D eigenvalue weighted by Crippen LogP contribution is 2.33. The number of nitrogens with one attached hydrogen (secondary N) is 1. The lowest BCUT2D eigenvalue weighted by Gasteiger charge is -2.14. The quantitative estimate of drug-likeness (QED) is 0.389. The van der Waals surface area contributed by atoms with E-state index in [0.717, 1.165) is 11.1 Å². The second-order valence-electron chi connectivity index (χ2n) is 5.76. The second-order valence-corrected chi connectivity index (χ2v) is 5.76. The van der Waals surface area contributed by atoms with E-state index in [1.54, 1.807) is 12.1 Å². The summed E-state index contributed by atoms with van der Waals surface area (Å²) in [6, 6.07) is 13.8. The summed E-state index contributed by atoms with van der Waals surface area (Å²) in [6.07, 6.45) is 0. The molecule has 0 radical (unpaired) electrons. The third kappa shape index (κ3) is 3.85. The van der Waals surface area contributed by atoms with Gasteiger partial charge in [0.25, 0.3) is 0 Å². The van der Waals surface area contributed by atoms with E-state index in [0.29, 0.717) is 11.3 Å². The summed E-state index contributed by atoms with van der Waals surface area (Å²) >= 11 is 0. The summed E-state index contributed by atoms with van der Waals surface area (Å²) in [4.78, 5) is 3.98. The lowest BCUT2D eigenvalue weighted by molar-refractivity contribution is 0.308. The number of hydrogen-bond acceptors (Lipinski definition) is 7. The van der Waals surface area contributed by atoms with Crippen molar-refractivity contribution in [3.8, 4) is 22.6 Å². The number of nitrogen functional groups attached to an aromatic ring is 3. The molecule has 1 aromatic heterocycles. The molecule has 0 spiro atoms. The molecule has 0 aliphatic rings. The molecule has 140 valence electrons. The Balaban J connectivity index is 1.86. The van der Waals surface area contributed by atoms with Crippen molar-refractivity contribution >= 4 is 17.3 Å². The van der Waals surface area contributed by atoms with Crippen LogP contribution in [0, 0.1) is 5.82 Å². The van der Waals surface area contributed by atoms with Gasteiger partial charge < -0.3 is 26.4 Å². The Morgan fingerprint density at radius 1 is 1.11 bits per heavy atom. The Hall–Kier alpha value is -3.52. The van der Waals surface area contributed by atoms with Crippen molar-refractivity contribution in [3.05, 3.63) is 59.9 Å². The van der Waals surface area contributed by atoms with E-state index < -0.39 is 5.82 Å². The summed E-state index contributed by atoms with van der Waals surface area (Å²) in [5.41, 5.74) is 16.6. The maximum Gasteiger partial charge on any atom is 0.169 e. The first-order valence-electron chi connectivity index (χ1n) is 8.10. The molecule has 0 unspecified atom stereocenters. The number of halogens is 1. The Morgan fingerprint density at radius 3 is 2.63 bits per heavy atom. The Labute approximate surface area is 155 Å². The largest absolute Gasteiger partial charge is 0.493 e. The Bertz CT molecular complexity index is 965. The van der Waals surface area contributed by atoms with Crippen LogP contribution in [0.4, 0.5) is 21.7 Å². The van der Waals surface area contributed by atoms with Crippen LogP contribution in [0.15, 0.2) is 48.5 Å². The molecule has 3 aromatic rings. The number of para-hydroxylation sites is 1. The summed E-state index contributed by atoms with van der Waals surface area (Å²) in [7, 11) is 1.44. The highest BCUT2D eigenvalue weighted by atomic mass is 19.1. The van der Waals surface area contributed by atoms with Crippen molar-refractivity contribution in [2.75, 3.05) is 24.0 Å². The molecule has 0 saturated heterocycles. The summed E-state index contributed by atoms with van der Waals surface area (Å²) in [6.45, 7) is 0.225. The smallest absolute Gasteiger partial charge is 0.169 e. The lowest BCUT2D eigenvalue weighted by atomic mass is 10.0. The lowest BCUT2D eigenvalue weighted by Crippen LogP contribution is -2.13. The van der Waals surface area contributed by atoms with E-state index in [1.807, 2.05) is 24.3 Å². The van der Waals surface area contributed by atoms with Gasteiger partial charge >= 0.3 is 0 Å². The fourth-order valence-electron chi connectivity index (χ4n) is 2.71. The van der Waals surface area contributed by atoms with Crippen LogP contribution in [0.25, 0.3) is 11.1 Å². The van der Waals surface area contributed by atoms with Gasteiger partial charge in [0.1, 0.15) is 23.9 Å². The number of hydrazine groups is 1. The number of anilines is 3. The van der Waals surface area contributed by atoms with Crippen molar-refractivity contribution in [3.63, 3.8) is 0 Å². The van der Waals surface area contributed by atoms with Crippen LogP contribution in [-0.2, 0) is 6.61 Å². The van der Waals surface area contributed by atoms with Gasteiger partial charge in [-0.1, -0.05) is 30.3 Å². The van der Waals surface area contributed by atoms with Crippen molar-refractivity contribution in [2.45, 2.75) is 6.61 Å². The summed E-state index contributed by atoms with van der Waals surface area (Å²) in [5.74, 6) is 5.98. The number of methoxy groups -OCH3 is 1. The van der Waals surface area contributed by atoms with Crippen LogP contribution >= 0.6 is 0 Å². The molecule has 0 atom stereocenters. The van der Waals surface area contributed by atoms with Crippen molar-refractivity contribution in [2.24, 2.45) is 5.84 Å². The number of pyridine rings is 1. The van der Waals surface area contributed by atoms with Gasteiger partial charge in [0, 0.05) is 11.6 Å². The van der Waals surface area contributed by atoms with Crippen molar-refractivity contribution < 1.29 is 13.9 Å². The van der Waals surface area contributed by atoms with Crippen molar-refractivity contribution in [1.29, 1.82) is 0 Å². The second kappa shape index (κ2) is 7.79. The third-order valence-corrected chi connectivity index (χ3v) is 3.98. The number of benzene rings is 2. The fourth-order valence-corrected chi connectivity index (χ4v) is 2.71. The van der Waals surface area contributed by atoms with E-state index in [-0.39, 0.29) is 29.7 Å². The van der Waals surface area contributed by atoms with Crippen LogP contribution in [0.1, 0.15) is 5.56 Å². The zero-order chi connectivity index (χ0) is 19.4. The van der Waals surface area contributed by atoms with Gasteiger partial charge in [-0.05, 0) is 23.3 Å². The molecule has 2 aromatic carbocycles. The number of ether oxygens (including phenoxy) is 2. The van der Waals surface area contributed by atoms with Crippen LogP contribution < -0.4 is 32.2 Å². The Kier molecular flexibility index (Phi) is 5.28. The summed E-state index contributed by atoms with van der Waals surface area (Å²) in [5, 5.41) is 0. The van der Waals surface area contributed by atoms with Crippen LogP contribution in [-0.4, -0.2) is 12.1 Å². The van der Waals surface area contributed by atoms with E-state index in [1.165, 1.54) is 19.2 Å². The predicted octanol–water partition coefficient (Wildman–Crippen LogP) is 2.93. The molecule has 0 amide bonds. The first kappa shape index (κ1) is 18.3. The molecule has 3 rings (SSSR count). The van der Waals surface area contributed by atoms with E-state index in [2.05, 4.69) is 10.4 Å². The predicted molar refractivity (Wildman–Crippen MR) is 104 cm³/mol. The third-order valence-electron chi connectivity index (χ3n) is 3.98. The highest BCUT2D eigenvalue weighted by Gasteiger charge is 2.12. The molecule has 0 bridgehead atoms. The molecule has 27 heavy (non-hydrogen) atoms. The van der Waals surface area contributed by atoms with Gasteiger partial charge in [-0.2, -0.15) is 0 Å². The van der Waals surface area contributed by atoms with Gasteiger partial charge in [-0.25, -0.2) is 15.2 Å². The number of nitrogens with zero attached hydrogens (tertiary/aromatic N) is 1. The SMILES string of the molecule is COc1c(F)cccc1-c1cccc(COc2cc(N)nc(NN)c2N)c1. The molecular formula is C19H20FN5O2. The maximum atomic E-state index is 14.0. The standard InChI is InChI=1S/C19H20FN5O2/c1-26-18-13(6-3-7-14(18)20)12-5-2-4-11(8-12)10-27-15-9-16(21)24-19(25-23)17(15)22/h2-9H,10,22-23H2,1H3,(H3,21,24,25). The Morgan fingerprint density at radius 2 is 1.89 bits per heavy atom. The first-order chi connectivity index (χ1) is 13.0. The highest BCUT2D eigenvalue weighted by molar-refractivity contribution is 5.72. The molecule has 8 heteroatoms. The molecule has 0 fully saturated rings. The minimum atomic E-state index is -0.418. The zero-order valence-electron chi connectivity index (χ0n) is 14.7. The molecule has 0 aliphatic carbocycles. The van der Waals surface area contributed by atoms with Gasteiger partial charge in [0.15, 0.2) is 17.4 Å². The van der Waals surface area contributed by atoms with Gasteiger partial charge in [0.2, 0.25) is 0 Å². The molecule has 7 N–H and O–H groups in total. The molecular weight excluding hydrogens is 349 g/mol. The number of aromatic nitrogens is 1. The van der Waals surface area contributed by atoms with Crippen molar-refractivity contribution in [1.82, 2.24) is 4.98 Å². The van der Waals surface area contributed by atoms with E-state index in [4.69, 9.17) is 26.8 Å². The minimum absolute atomic E-state index is 0.195. The van der Waals surface area contributed by atoms with Gasteiger partial charge in [-0.15, -0.1) is 0 Å². The maximum absolute atomic E-state index is 14.0.